The van der Waals surface area contributed by atoms with E-state index in [1.165, 1.54) is 0 Å². The van der Waals surface area contributed by atoms with Gasteiger partial charge in [0.15, 0.2) is 5.78 Å². The smallest absolute Gasteiger partial charge is 0.323 e. The Morgan fingerprint density at radius 1 is 0.971 bits per heavy atom. The molecule has 4 rings (SSSR count). The molecule has 0 aliphatic heterocycles. The van der Waals surface area contributed by atoms with Crippen LogP contribution in [0.2, 0.25) is 10.0 Å². The van der Waals surface area contributed by atoms with E-state index in [1.807, 2.05) is 25.1 Å². The highest BCUT2D eigenvalue weighted by Gasteiger charge is 2.42. The van der Waals surface area contributed by atoms with E-state index >= 15 is 0 Å². The minimum atomic E-state index is -0.956. The molecule has 3 aromatic carbocycles. The van der Waals surface area contributed by atoms with Gasteiger partial charge in [-0.1, -0.05) is 60.5 Å². The van der Waals surface area contributed by atoms with Gasteiger partial charge in [0.25, 0.3) is 0 Å². The molecule has 2 amide bonds. The molecule has 0 saturated carbocycles. The fourth-order valence-corrected chi connectivity index (χ4v) is 5.05. The van der Waals surface area contributed by atoms with Gasteiger partial charge in [-0.25, -0.2) is 4.79 Å². The van der Waals surface area contributed by atoms with E-state index in [0.717, 1.165) is 16.7 Å². The largest absolute Gasteiger partial charge is 0.481 e. The molecular weight excluding hydrogens is 487 g/mol. The summed E-state index contributed by atoms with van der Waals surface area (Å²) in [6.07, 6.45) is 1.46. The molecule has 35 heavy (non-hydrogen) atoms. The Balaban J connectivity index is 1.52. The summed E-state index contributed by atoms with van der Waals surface area (Å²) in [5, 5.41) is 15.7. The molecule has 3 N–H and O–H groups in total. The maximum atomic E-state index is 13.2. The number of carbonyl (C=O) groups excluding carboxylic acids is 2. The molecule has 1 aliphatic rings. The third kappa shape index (κ3) is 5.34. The minimum absolute atomic E-state index is 0.105. The van der Waals surface area contributed by atoms with Gasteiger partial charge in [-0.15, -0.1) is 0 Å². The lowest BCUT2D eigenvalue weighted by Crippen LogP contribution is -2.37. The second-order valence-corrected chi connectivity index (χ2v) is 9.53. The summed E-state index contributed by atoms with van der Waals surface area (Å²) in [6, 6.07) is 17.1. The van der Waals surface area contributed by atoms with Gasteiger partial charge < -0.3 is 15.7 Å². The molecule has 8 heteroatoms. The lowest BCUT2D eigenvalue weighted by molar-refractivity contribution is -0.139. The van der Waals surface area contributed by atoms with Crippen LogP contribution in [0.3, 0.4) is 0 Å². The quantitative estimate of drug-likeness (QED) is 0.324. The number of ketones is 1. The van der Waals surface area contributed by atoms with Crippen molar-refractivity contribution in [3.8, 4) is 11.1 Å². The van der Waals surface area contributed by atoms with Crippen molar-refractivity contribution in [2.45, 2.75) is 32.6 Å². The molecule has 0 saturated heterocycles. The van der Waals surface area contributed by atoms with Gasteiger partial charge in [-0.3, -0.25) is 9.59 Å². The molecule has 0 aromatic heterocycles. The number of aryl methyl sites for hydroxylation is 1. The molecule has 1 aliphatic carbocycles. The van der Waals surface area contributed by atoms with E-state index in [-0.39, 0.29) is 12.2 Å². The third-order valence-corrected chi connectivity index (χ3v) is 7.04. The fourth-order valence-electron chi connectivity index (χ4n) is 4.57. The van der Waals surface area contributed by atoms with Crippen molar-refractivity contribution >= 4 is 52.4 Å². The lowest BCUT2D eigenvalue weighted by atomic mass is 9.67. The molecule has 0 fully saturated rings. The number of benzene rings is 3. The van der Waals surface area contributed by atoms with Crippen LogP contribution in [0.1, 0.15) is 42.1 Å². The second-order valence-electron chi connectivity index (χ2n) is 8.69. The van der Waals surface area contributed by atoms with Gasteiger partial charge in [-0.05, 0) is 60.7 Å². The first-order valence-electron chi connectivity index (χ1n) is 11.2. The van der Waals surface area contributed by atoms with Gasteiger partial charge >= 0.3 is 12.0 Å². The first-order valence-corrected chi connectivity index (χ1v) is 12.0. The maximum Gasteiger partial charge on any atom is 0.323 e. The highest BCUT2D eigenvalue weighted by atomic mass is 35.5. The van der Waals surface area contributed by atoms with Gasteiger partial charge in [-0.2, -0.15) is 0 Å². The van der Waals surface area contributed by atoms with Crippen LogP contribution < -0.4 is 10.6 Å². The Morgan fingerprint density at radius 3 is 2.34 bits per heavy atom. The second kappa shape index (κ2) is 10.1. The first kappa shape index (κ1) is 24.8. The Hall–Kier alpha value is -3.35. The number of hydrogen-bond acceptors (Lipinski definition) is 3. The Labute approximate surface area is 213 Å². The summed E-state index contributed by atoms with van der Waals surface area (Å²) < 4.78 is 0. The standard InChI is InChI=1S/C27H24Cl2N2O4/c1-2-27(15-24(32)33)11-10-17-12-16(6-8-22(17)25(27)34)21-9-7-20(14-23(21)29)31-26(35)30-19-5-3-4-18(28)13-19/h3-9,12-14H,2,10-11,15H2,1H3,(H,32,33)(H2,30,31,35). The molecule has 0 radical (unpaired) electrons. The number of halogens is 2. The number of aliphatic carboxylic acids is 1. The zero-order valence-corrected chi connectivity index (χ0v) is 20.5. The predicted molar refractivity (Wildman–Crippen MR) is 139 cm³/mol. The average molecular weight is 511 g/mol. The van der Waals surface area contributed by atoms with Crippen LogP contribution in [0.15, 0.2) is 60.7 Å². The van der Waals surface area contributed by atoms with Crippen molar-refractivity contribution < 1.29 is 19.5 Å². The van der Waals surface area contributed by atoms with Crippen LogP contribution in [0.25, 0.3) is 11.1 Å². The van der Waals surface area contributed by atoms with Crippen LogP contribution in [-0.2, 0) is 11.2 Å². The SMILES string of the molecule is CCC1(CC(=O)O)CCc2cc(-c3ccc(NC(=O)Nc4cccc(Cl)c4)cc3Cl)ccc2C1=O. The number of anilines is 2. The summed E-state index contributed by atoms with van der Waals surface area (Å²) in [7, 11) is 0. The van der Waals surface area contributed by atoms with Crippen LogP contribution in [0.5, 0.6) is 0 Å². The van der Waals surface area contributed by atoms with Gasteiger partial charge in [0, 0.05) is 32.9 Å². The topological polar surface area (TPSA) is 95.5 Å². The number of amides is 2. The summed E-state index contributed by atoms with van der Waals surface area (Å²) in [5.74, 6) is -1.06. The van der Waals surface area contributed by atoms with Crippen LogP contribution >= 0.6 is 23.2 Å². The van der Waals surface area contributed by atoms with E-state index < -0.39 is 17.4 Å². The van der Waals surface area contributed by atoms with Crippen LogP contribution in [0, 0.1) is 5.41 Å². The Kier molecular flexibility index (Phi) is 7.15. The van der Waals surface area contributed by atoms with Crippen LogP contribution in [0.4, 0.5) is 16.2 Å². The maximum absolute atomic E-state index is 13.2. The molecule has 0 bridgehead atoms. The Bertz CT molecular complexity index is 1320. The number of nitrogens with one attached hydrogen (secondary N) is 2. The number of Topliss-reactive ketones (excluding diaryl/α,β-unsaturated/α-hetero) is 1. The zero-order chi connectivity index (χ0) is 25.2. The number of hydrogen-bond donors (Lipinski definition) is 3. The van der Waals surface area contributed by atoms with E-state index in [1.54, 1.807) is 42.5 Å². The van der Waals surface area contributed by atoms with E-state index in [0.29, 0.717) is 46.2 Å². The number of urea groups is 1. The average Bonchev–Trinajstić information content (AvgIpc) is 2.80. The van der Waals surface area contributed by atoms with E-state index in [4.69, 9.17) is 23.2 Å². The van der Waals surface area contributed by atoms with Crippen molar-refractivity contribution in [3.05, 3.63) is 81.8 Å². The monoisotopic (exact) mass is 510 g/mol. The summed E-state index contributed by atoms with van der Waals surface area (Å²) >= 11 is 12.5. The molecule has 1 atom stereocenters. The summed E-state index contributed by atoms with van der Waals surface area (Å²) in [4.78, 5) is 36.9. The first-order chi connectivity index (χ1) is 16.7. The van der Waals surface area contributed by atoms with Gasteiger partial charge in [0.05, 0.1) is 11.4 Å². The third-order valence-electron chi connectivity index (χ3n) is 6.49. The lowest BCUT2D eigenvalue weighted by Gasteiger charge is -2.35. The fraction of sp³-hybridized carbons (Fsp3) is 0.222. The molecule has 180 valence electrons. The minimum Gasteiger partial charge on any atom is -0.481 e. The highest BCUT2D eigenvalue weighted by molar-refractivity contribution is 6.33. The molecule has 0 spiro atoms. The van der Waals surface area contributed by atoms with Crippen molar-refractivity contribution in [1.82, 2.24) is 0 Å². The normalized spacial score (nSPS) is 16.9. The highest BCUT2D eigenvalue weighted by Crippen LogP contribution is 2.42. The number of fused-ring (bicyclic) bond motifs is 1. The van der Waals surface area contributed by atoms with E-state index in [2.05, 4.69) is 10.6 Å². The van der Waals surface area contributed by atoms with Gasteiger partial charge in [0.1, 0.15) is 0 Å². The molecule has 6 nitrogen and oxygen atoms in total. The number of rotatable bonds is 6. The number of carboxylic acid groups (broad SMARTS) is 1. The predicted octanol–water partition coefficient (Wildman–Crippen LogP) is 7.30. The van der Waals surface area contributed by atoms with Gasteiger partial charge in [0.2, 0.25) is 0 Å². The van der Waals surface area contributed by atoms with Crippen molar-refractivity contribution in [2.75, 3.05) is 10.6 Å². The van der Waals surface area contributed by atoms with E-state index in [9.17, 15) is 19.5 Å². The number of carbonyl (C=O) groups is 3. The zero-order valence-electron chi connectivity index (χ0n) is 19.0. The summed E-state index contributed by atoms with van der Waals surface area (Å²) in [5.41, 5.74) is 3.32. The van der Waals surface area contributed by atoms with Crippen molar-refractivity contribution in [1.29, 1.82) is 0 Å². The molecule has 1 unspecified atom stereocenters. The van der Waals surface area contributed by atoms with Crippen LogP contribution in [-0.4, -0.2) is 22.9 Å². The number of carboxylic acids is 1. The Morgan fingerprint density at radius 2 is 1.69 bits per heavy atom. The van der Waals surface area contributed by atoms with Crippen molar-refractivity contribution in [3.63, 3.8) is 0 Å². The molecule has 3 aromatic rings. The summed E-state index contributed by atoms with van der Waals surface area (Å²) in [6.45, 7) is 1.87. The molecular formula is C27H24Cl2N2O4. The molecule has 0 heterocycles. The van der Waals surface area contributed by atoms with Crippen molar-refractivity contribution in [2.24, 2.45) is 5.41 Å².